The zero-order valence-corrected chi connectivity index (χ0v) is 11.5. The van der Waals surface area contributed by atoms with Crippen LogP contribution in [0, 0.1) is 5.92 Å². The summed E-state index contributed by atoms with van der Waals surface area (Å²) in [5.74, 6) is 1.62. The Morgan fingerprint density at radius 3 is 3.11 bits per heavy atom. The summed E-state index contributed by atoms with van der Waals surface area (Å²) in [5.41, 5.74) is 1.29. The van der Waals surface area contributed by atoms with Crippen molar-refractivity contribution in [1.29, 1.82) is 0 Å². The summed E-state index contributed by atoms with van der Waals surface area (Å²) in [6.45, 7) is 5.51. The lowest BCUT2D eigenvalue weighted by Crippen LogP contribution is -2.40. The lowest BCUT2D eigenvalue weighted by molar-refractivity contribution is 0.159. The van der Waals surface area contributed by atoms with Crippen molar-refractivity contribution in [3.63, 3.8) is 0 Å². The standard InChI is InChI=1S/C15H22N2O2/c1-16-14-11-18-10-13(14)9-17-6-7-19-15-5-3-2-4-12(15)8-17/h2-5,13-14,16H,6-11H2,1H3. The second-order valence-corrected chi connectivity index (χ2v) is 5.38. The molecule has 4 heteroatoms. The molecule has 0 radical (unpaired) electrons. The Morgan fingerprint density at radius 2 is 2.21 bits per heavy atom. The molecule has 1 N–H and O–H groups in total. The van der Waals surface area contributed by atoms with Gasteiger partial charge < -0.3 is 14.8 Å². The molecule has 2 aliphatic heterocycles. The molecule has 1 fully saturated rings. The number of nitrogens with one attached hydrogen (secondary N) is 1. The fourth-order valence-electron chi connectivity index (χ4n) is 2.97. The smallest absolute Gasteiger partial charge is 0.123 e. The molecule has 19 heavy (non-hydrogen) atoms. The second kappa shape index (κ2) is 5.90. The van der Waals surface area contributed by atoms with Gasteiger partial charge in [0.25, 0.3) is 0 Å². The number of benzene rings is 1. The van der Waals surface area contributed by atoms with E-state index in [-0.39, 0.29) is 0 Å². The van der Waals surface area contributed by atoms with Crippen LogP contribution in [0.25, 0.3) is 0 Å². The Balaban J connectivity index is 1.66. The van der Waals surface area contributed by atoms with Crippen LogP contribution < -0.4 is 10.1 Å². The van der Waals surface area contributed by atoms with E-state index < -0.39 is 0 Å². The Labute approximate surface area is 114 Å². The Morgan fingerprint density at radius 1 is 1.32 bits per heavy atom. The van der Waals surface area contributed by atoms with Gasteiger partial charge in [-0.2, -0.15) is 0 Å². The quantitative estimate of drug-likeness (QED) is 0.885. The van der Waals surface area contributed by atoms with Crippen molar-refractivity contribution in [2.75, 3.05) is 40.0 Å². The highest BCUT2D eigenvalue weighted by Gasteiger charge is 2.29. The van der Waals surface area contributed by atoms with E-state index in [9.17, 15) is 0 Å². The summed E-state index contributed by atoms with van der Waals surface area (Å²) in [6, 6.07) is 8.83. The number of para-hydroxylation sites is 1. The third-order valence-electron chi connectivity index (χ3n) is 4.09. The van der Waals surface area contributed by atoms with Gasteiger partial charge in [0.1, 0.15) is 12.4 Å². The number of hydrogen-bond acceptors (Lipinski definition) is 4. The molecule has 4 nitrogen and oxygen atoms in total. The summed E-state index contributed by atoms with van der Waals surface area (Å²) < 4.78 is 11.4. The van der Waals surface area contributed by atoms with E-state index in [0.717, 1.165) is 45.2 Å². The largest absolute Gasteiger partial charge is 0.492 e. The molecule has 104 valence electrons. The summed E-state index contributed by atoms with van der Waals surface area (Å²) >= 11 is 0. The maximum atomic E-state index is 5.81. The van der Waals surface area contributed by atoms with E-state index in [1.165, 1.54) is 5.56 Å². The average Bonchev–Trinajstić information content (AvgIpc) is 2.77. The molecule has 0 aliphatic carbocycles. The van der Waals surface area contributed by atoms with Crippen LogP contribution in [-0.2, 0) is 11.3 Å². The van der Waals surface area contributed by atoms with Gasteiger partial charge in [-0.15, -0.1) is 0 Å². The van der Waals surface area contributed by atoms with Crippen molar-refractivity contribution < 1.29 is 9.47 Å². The van der Waals surface area contributed by atoms with E-state index >= 15 is 0 Å². The molecule has 2 atom stereocenters. The summed E-state index contributed by atoms with van der Waals surface area (Å²) in [4.78, 5) is 2.48. The minimum Gasteiger partial charge on any atom is -0.492 e. The van der Waals surface area contributed by atoms with Gasteiger partial charge in [-0.05, 0) is 13.1 Å². The van der Waals surface area contributed by atoms with E-state index in [4.69, 9.17) is 9.47 Å². The molecule has 1 saturated heterocycles. The molecular weight excluding hydrogens is 240 g/mol. The second-order valence-electron chi connectivity index (χ2n) is 5.38. The van der Waals surface area contributed by atoms with E-state index in [1.54, 1.807) is 0 Å². The molecule has 1 aromatic carbocycles. The molecule has 3 rings (SSSR count). The van der Waals surface area contributed by atoms with Gasteiger partial charge in [-0.3, -0.25) is 4.90 Å². The van der Waals surface area contributed by atoms with Gasteiger partial charge in [-0.1, -0.05) is 18.2 Å². The summed E-state index contributed by atoms with van der Waals surface area (Å²) in [6.07, 6.45) is 0. The molecular formula is C15H22N2O2. The fourth-order valence-corrected chi connectivity index (χ4v) is 2.97. The normalized spacial score (nSPS) is 27.6. The lowest BCUT2D eigenvalue weighted by atomic mass is 10.0. The van der Waals surface area contributed by atoms with E-state index in [2.05, 4.69) is 28.4 Å². The third-order valence-corrected chi connectivity index (χ3v) is 4.09. The van der Waals surface area contributed by atoms with Crippen LogP contribution in [0.5, 0.6) is 5.75 Å². The van der Waals surface area contributed by atoms with Crippen LogP contribution in [0.4, 0.5) is 0 Å². The van der Waals surface area contributed by atoms with Crippen LogP contribution >= 0.6 is 0 Å². The highest BCUT2D eigenvalue weighted by Crippen LogP contribution is 2.24. The van der Waals surface area contributed by atoms with Gasteiger partial charge in [-0.25, -0.2) is 0 Å². The van der Waals surface area contributed by atoms with Crippen molar-refractivity contribution in [2.45, 2.75) is 12.6 Å². The molecule has 0 aromatic heterocycles. The minimum absolute atomic E-state index is 0.486. The third kappa shape index (κ3) is 2.91. The molecule has 0 saturated carbocycles. The average molecular weight is 262 g/mol. The van der Waals surface area contributed by atoms with Crippen molar-refractivity contribution in [1.82, 2.24) is 10.2 Å². The molecule has 2 heterocycles. The molecule has 0 amide bonds. The van der Waals surface area contributed by atoms with Crippen LogP contribution in [0.2, 0.25) is 0 Å². The minimum atomic E-state index is 0.486. The molecule has 2 aliphatic rings. The van der Waals surface area contributed by atoms with Crippen molar-refractivity contribution in [2.24, 2.45) is 5.92 Å². The zero-order chi connectivity index (χ0) is 13.1. The summed E-state index contributed by atoms with van der Waals surface area (Å²) in [7, 11) is 2.02. The Kier molecular flexibility index (Phi) is 4.01. The van der Waals surface area contributed by atoms with Crippen molar-refractivity contribution >= 4 is 0 Å². The van der Waals surface area contributed by atoms with Crippen LogP contribution in [0.15, 0.2) is 24.3 Å². The number of likely N-dealkylation sites (N-methyl/N-ethyl adjacent to an activating group) is 1. The topological polar surface area (TPSA) is 33.7 Å². The predicted octanol–water partition coefficient (Wildman–Crippen LogP) is 1.12. The first-order valence-electron chi connectivity index (χ1n) is 7.05. The molecule has 0 bridgehead atoms. The number of hydrogen-bond donors (Lipinski definition) is 1. The first-order chi connectivity index (χ1) is 9.36. The monoisotopic (exact) mass is 262 g/mol. The van der Waals surface area contributed by atoms with Crippen LogP contribution in [-0.4, -0.2) is 50.9 Å². The van der Waals surface area contributed by atoms with E-state index in [1.807, 2.05) is 13.1 Å². The number of nitrogens with zero attached hydrogens (tertiary/aromatic N) is 1. The maximum Gasteiger partial charge on any atom is 0.123 e. The molecule has 0 spiro atoms. The number of fused-ring (bicyclic) bond motifs is 1. The maximum absolute atomic E-state index is 5.81. The lowest BCUT2D eigenvalue weighted by Gasteiger charge is -2.25. The Hall–Kier alpha value is -1.10. The number of rotatable bonds is 3. The first-order valence-corrected chi connectivity index (χ1v) is 7.05. The fraction of sp³-hybridized carbons (Fsp3) is 0.600. The zero-order valence-electron chi connectivity index (χ0n) is 11.5. The predicted molar refractivity (Wildman–Crippen MR) is 74.4 cm³/mol. The van der Waals surface area contributed by atoms with Crippen LogP contribution in [0.3, 0.4) is 0 Å². The first kappa shape index (κ1) is 12.9. The highest BCUT2D eigenvalue weighted by atomic mass is 16.5. The summed E-state index contributed by atoms with van der Waals surface area (Å²) in [5, 5.41) is 3.36. The Bertz CT molecular complexity index is 424. The van der Waals surface area contributed by atoms with Gasteiger partial charge in [0.05, 0.1) is 13.2 Å². The molecule has 1 aromatic rings. The van der Waals surface area contributed by atoms with Gasteiger partial charge in [0, 0.05) is 37.2 Å². The van der Waals surface area contributed by atoms with Gasteiger partial charge in [0.15, 0.2) is 0 Å². The van der Waals surface area contributed by atoms with Crippen LogP contribution in [0.1, 0.15) is 5.56 Å². The van der Waals surface area contributed by atoms with E-state index in [0.29, 0.717) is 12.0 Å². The van der Waals surface area contributed by atoms with Crippen molar-refractivity contribution in [3.05, 3.63) is 29.8 Å². The van der Waals surface area contributed by atoms with Gasteiger partial charge in [0.2, 0.25) is 0 Å². The van der Waals surface area contributed by atoms with Crippen molar-refractivity contribution in [3.8, 4) is 5.75 Å². The van der Waals surface area contributed by atoms with Gasteiger partial charge >= 0.3 is 0 Å². The molecule has 2 unspecified atom stereocenters. The number of ether oxygens (including phenoxy) is 2. The highest BCUT2D eigenvalue weighted by molar-refractivity contribution is 5.33. The SMILES string of the molecule is CNC1COCC1CN1CCOc2ccccc2C1.